The summed E-state index contributed by atoms with van der Waals surface area (Å²) in [5.41, 5.74) is 5.66. The molecule has 98 valence electrons. The van der Waals surface area contributed by atoms with Crippen molar-refractivity contribution in [3.8, 4) is 5.75 Å². The highest BCUT2D eigenvalue weighted by Crippen LogP contribution is 2.35. The minimum Gasteiger partial charge on any atom is -0.505 e. The maximum atomic E-state index is 12.1. The first-order chi connectivity index (χ1) is 8.42. The molecule has 4 N–H and O–H groups in total. The molecule has 0 bridgehead atoms. The summed E-state index contributed by atoms with van der Waals surface area (Å²) in [6, 6.07) is 2.89. The van der Waals surface area contributed by atoms with Crippen molar-refractivity contribution >= 4 is 34.8 Å². The molecule has 1 fully saturated rings. The maximum Gasteiger partial charge on any atom is 0.244 e. The smallest absolute Gasteiger partial charge is 0.244 e. The van der Waals surface area contributed by atoms with Gasteiger partial charge in [0.05, 0.1) is 15.6 Å². The molecule has 0 aliphatic heterocycles. The fourth-order valence-corrected chi connectivity index (χ4v) is 2.61. The highest BCUT2D eigenvalue weighted by molar-refractivity contribution is 6.37. The number of amides is 1. The number of rotatable bonds is 2. The van der Waals surface area contributed by atoms with E-state index in [0.29, 0.717) is 18.5 Å². The standard InChI is InChI=1S/C12H14Cl2N2O2/c13-8-5-7(6-9(14)10(8)17)16-11(18)12(15)3-1-2-4-12/h5-6,17H,1-4,15H2,(H,16,18). The number of phenols is 1. The van der Waals surface area contributed by atoms with Crippen molar-refractivity contribution < 1.29 is 9.90 Å². The second-order valence-corrected chi connectivity index (χ2v) is 5.42. The van der Waals surface area contributed by atoms with E-state index >= 15 is 0 Å². The highest BCUT2D eigenvalue weighted by atomic mass is 35.5. The Morgan fingerprint density at radius 1 is 1.28 bits per heavy atom. The zero-order valence-corrected chi connectivity index (χ0v) is 11.2. The molecule has 1 aromatic carbocycles. The van der Waals surface area contributed by atoms with Crippen molar-refractivity contribution in [2.75, 3.05) is 5.32 Å². The molecular formula is C12H14Cl2N2O2. The average Bonchev–Trinajstić information content (AvgIpc) is 2.74. The monoisotopic (exact) mass is 288 g/mol. The third-order valence-corrected chi connectivity index (χ3v) is 3.80. The molecule has 1 aliphatic carbocycles. The fraction of sp³-hybridized carbons (Fsp3) is 0.417. The van der Waals surface area contributed by atoms with Crippen LogP contribution < -0.4 is 11.1 Å². The van der Waals surface area contributed by atoms with Gasteiger partial charge in [-0.2, -0.15) is 0 Å². The fourth-order valence-electron chi connectivity index (χ4n) is 2.13. The second kappa shape index (κ2) is 4.96. The van der Waals surface area contributed by atoms with Gasteiger partial charge in [0.1, 0.15) is 0 Å². The molecule has 0 spiro atoms. The van der Waals surface area contributed by atoms with E-state index in [9.17, 15) is 9.90 Å². The molecule has 18 heavy (non-hydrogen) atoms. The second-order valence-electron chi connectivity index (χ2n) is 4.61. The van der Waals surface area contributed by atoms with E-state index in [2.05, 4.69) is 5.32 Å². The Hall–Kier alpha value is -0.970. The quantitative estimate of drug-likeness (QED) is 0.733. The van der Waals surface area contributed by atoms with Crippen molar-refractivity contribution in [2.24, 2.45) is 5.73 Å². The van der Waals surface area contributed by atoms with E-state index in [1.165, 1.54) is 12.1 Å². The number of halogens is 2. The maximum absolute atomic E-state index is 12.1. The minimum atomic E-state index is -0.809. The van der Waals surface area contributed by atoms with Crippen molar-refractivity contribution in [1.82, 2.24) is 0 Å². The lowest BCUT2D eigenvalue weighted by atomic mass is 9.98. The van der Waals surface area contributed by atoms with Crippen LogP contribution in [0.4, 0.5) is 5.69 Å². The minimum absolute atomic E-state index is 0.0929. The van der Waals surface area contributed by atoms with E-state index in [-0.39, 0.29) is 21.7 Å². The van der Waals surface area contributed by atoms with Gasteiger partial charge in [0.25, 0.3) is 0 Å². The number of anilines is 1. The summed E-state index contributed by atoms with van der Waals surface area (Å²) in [5, 5.41) is 12.3. The van der Waals surface area contributed by atoms with Crippen LogP contribution in [-0.4, -0.2) is 16.6 Å². The van der Waals surface area contributed by atoms with Crippen LogP contribution in [0.2, 0.25) is 10.0 Å². The molecule has 0 unspecified atom stereocenters. The van der Waals surface area contributed by atoms with E-state index in [0.717, 1.165) is 12.8 Å². The number of hydrogen-bond acceptors (Lipinski definition) is 3. The molecule has 1 amide bonds. The summed E-state index contributed by atoms with van der Waals surface area (Å²) in [7, 11) is 0. The molecule has 0 radical (unpaired) electrons. The summed E-state index contributed by atoms with van der Waals surface area (Å²) in [6.45, 7) is 0. The summed E-state index contributed by atoms with van der Waals surface area (Å²) in [6.07, 6.45) is 3.28. The zero-order valence-electron chi connectivity index (χ0n) is 9.67. The van der Waals surface area contributed by atoms with Gasteiger partial charge in [0, 0.05) is 5.69 Å². The first-order valence-electron chi connectivity index (χ1n) is 5.71. The van der Waals surface area contributed by atoms with Crippen LogP contribution in [0, 0.1) is 0 Å². The van der Waals surface area contributed by atoms with Crippen LogP contribution in [0.25, 0.3) is 0 Å². The van der Waals surface area contributed by atoms with Crippen LogP contribution in [0.1, 0.15) is 25.7 Å². The van der Waals surface area contributed by atoms with Gasteiger partial charge in [-0.25, -0.2) is 0 Å². The van der Waals surface area contributed by atoms with E-state index < -0.39 is 5.54 Å². The van der Waals surface area contributed by atoms with Crippen molar-refractivity contribution in [2.45, 2.75) is 31.2 Å². The lowest BCUT2D eigenvalue weighted by Crippen LogP contribution is -2.48. The van der Waals surface area contributed by atoms with Gasteiger partial charge in [0.15, 0.2) is 5.75 Å². The van der Waals surface area contributed by atoms with Crippen LogP contribution in [-0.2, 0) is 4.79 Å². The largest absolute Gasteiger partial charge is 0.505 e. The predicted molar refractivity (Wildman–Crippen MR) is 72.1 cm³/mol. The first kappa shape index (κ1) is 13.5. The summed E-state index contributed by atoms with van der Waals surface area (Å²) >= 11 is 11.6. The van der Waals surface area contributed by atoms with Crippen LogP contribution >= 0.6 is 23.2 Å². The van der Waals surface area contributed by atoms with Crippen molar-refractivity contribution in [3.63, 3.8) is 0 Å². The summed E-state index contributed by atoms with van der Waals surface area (Å²) < 4.78 is 0. The Labute approximate surface area is 115 Å². The Kier molecular flexibility index (Phi) is 3.71. The Morgan fingerprint density at radius 3 is 2.28 bits per heavy atom. The predicted octanol–water partition coefficient (Wildman–Crippen LogP) is 2.91. The third-order valence-electron chi connectivity index (χ3n) is 3.22. The number of carbonyl (C=O) groups excluding carboxylic acids is 1. The SMILES string of the molecule is NC1(C(=O)Nc2cc(Cl)c(O)c(Cl)c2)CCCC1. The number of phenolic OH excluding ortho intramolecular Hbond substituents is 1. The molecule has 1 aromatic rings. The normalized spacial score (nSPS) is 17.7. The van der Waals surface area contributed by atoms with Crippen LogP contribution in [0.15, 0.2) is 12.1 Å². The first-order valence-corrected chi connectivity index (χ1v) is 6.46. The Bertz CT molecular complexity index is 462. The molecule has 0 saturated heterocycles. The van der Waals surface area contributed by atoms with Gasteiger partial charge in [-0.1, -0.05) is 36.0 Å². The Balaban J connectivity index is 2.17. The topological polar surface area (TPSA) is 75.4 Å². The number of aromatic hydroxyl groups is 1. The zero-order chi connectivity index (χ0) is 13.3. The summed E-state index contributed by atoms with van der Waals surface area (Å²) in [5.74, 6) is -0.433. The van der Waals surface area contributed by atoms with Crippen molar-refractivity contribution in [1.29, 1.82) is 0 Å². The van der Waals surface area contributed by atoms with Gasteiger partial charge in [-0.15, -0.1) is 0 Å². The molecule has 0 aromatic heterocycles. The van der Waals surface area contributed by atoms with Crippen LogP contribution in [0.5, 0.6) is 5.75 Å². The molecule has 4 nitrogen and oxygen atoms in total. The van der Waals surface area contributed by atoms with Gasteiger partial charge in [0.2, 0.25) is 5.91 Å². The molecule has 1 saturated carbocycles. The number of benzene rings is 1. The molecule has 0 atom stereocenters. The van der Waals surface area contributed by atoms with E-state index in [4.69, 9.17) is 28.9 Å². The number of carbonyl (C=O) groups is 1. The molecule has 1 aliphatic rings. The van der Waals surface area contributed by atoms with Gasteiger partial charge < -0.3 is 16.2 Å². The molecule has 6 heteroatoms. The van der Waals surface area contributed by atoms with Gasteiger partial charge in [-0.05, 0) is 25.0 Å². The number of nitrogens with two attached hydrogens (primary N) is 1. The Morgan fingerprint density at radius 2 is 1.78 bits per heavy atom. The highest BCUT2D eigenvalue weighted by Gasteiger charge is 2.37. The van der Waals surface area contributed by atoms with Gasteiger partial charge >= 0.3 is 0 Å². The lowest BCUT2D eigenvalue weighted by molar-refractivity contribution is -0.121. The summed E-state index contributed by atoms with van der Waals surface area (Å²) in [4.78, 5) is 12.1. The molecule has 2 rings (SSSR count). The number of nitrogens with one attached hydrogen (secondary N) is 1. The lowest BCUT2D eigenvalue weighted by Gasteiger charge is -2.22. The third kappa shape index (κ3) is 2.55. The van der Waals surface area contributed by atoms with E-state index in [1.54, 1.807) is 0 Å². The average molecular weight is 289 g/mol. The van der Waals surface area contributed by atoms with Crippen LogP contribution in [0.3, 0.4) is 0 Å². The van der Waals surface area contributed by atoms with E-state index in [1.807, 2.05) is 0 Å². The molecular weight excluding hydrogens is 275 g/mol. The number of hydrogen-bond donors (Lipinski definition) is 3. The van der Waals surface area contributed by atoms with Crippen molar-refractivity contribution in [3.05, 3.63) is 22.2 Å². The molecule has 0 heterocycles. The van der Waals surface area contributed by atoms with Gasteiger partial charge in [-0.3, -0.25) is 4.79 Å².